The molecule has 1 aliphatic heterocycles. The smallest absolute Gasteiger partial charge is 0.167 e. The predicted octanol–water partition coefficient (Wildman–Crippen LogP) is 4.58. The number of carbonyl (C=O) groups is 1. The van der Waals surface area contributed by atoms with Gasteiger partial charge in [-0.2, -0.15) is 0 Å². The molecular formula is C19H15NO. The zero-order chi connectivity index (χ0) is 14.2. The van der Waals surface area contributed by atoms with Crippen molar-refractivity contribution in [3.05, 3.63) is 77.9 Å². The maximum atomic E-state index is 12.3. The van der Waals surface area contributed by atoms with Gasteiger partial charge in [0.25, 0.3) is 0 Å². The lowest BCUT2D eigenvalue weighted by Crippen LogP contribution is -2.22. The van der Waals surface area contributed by atoms with Gasteiger partial charge in [0, 0.05) is 17.7 Å². The van der Waals surface area contributed by atoms with Crippen LogP contribution in [0.4, 0.5) is 5.69 Å². The van der Waals surface area contributed by atoms with Crippen LogP contribution in [-0.2, 0) is 0 Å². The normalized spacial score (nSPS) is 17.3. The first-order chi connectivity index (χ1) is 10.3. The van der Waals surface area contributed by atoms with Crippen molar-refractivity contribution >= 4 is 22.2 Å². The summed E-state index contributed by atoms with van der Waals surface area (Å²) in [6, 6.07) is 22.5. The van der Waals surface area contributed by atoms with Crippen molar-refractivity contribution < 1.29 is 4.79 Å². The predicted molar refractivity (Wildman–Crippen MR) is 85.7 cm³/mol. The number of Topliss-reactive ketones (excluding diaryl/α,β-unsaturated/α-hetero) is 1. The molecule has 4 rings (SSSR count). The Morgan fingerprint density at radius 1 is 0.857 bits per heavy atom. The molecular weight excluding hydrogens is 258 g/mol. The highest BCUT2D eigenvalue weighted by Gasteiger charge is 2.25. The fraction of sp³-hybridized carbons (Fsp3) is 0.105. The van der Waals surface area contributed by atoms with Gasteiger partial charge in [-0.25, -0.2) is 0 Å². The van der Waals surface area contributed by atoms with Crippen LogP contribution < -0.4 is 5.32 Å². The molecule has 0 spiro atoms. The van der Waals surface area contributed by atoms with E-state index in [1.807, 2.05) is 36.4 Å². The summed E-state index contributed by atoms with van der Waals surface area (Å²) in [4.78, 5) is 12.3. The van der Waals surface area contributed by atoms with Gasteiger partial charge >= 0.3 is 0 Å². The van der Waals surface area contributed by atoms with Gasteiger partial charge < -0.3 is 5.32 Å². The van der Waals surface area contributed by atoms with Gasteiger partial charge in [-0.05, 0) is 34.5 Å². The molecule has 1 heterocycles. The molecule has 0 amide bonds. The van der Waals surface area contributed by atoms with Gasteiger partial charge in [-0.1, -0.05) is 48.5 Å². The van der Waals surface area contributed by atoms with Crippen LogP contribution in [0.1, 0.15) is 28.4 Å². The van der Waals surface area contributed by atoms with E-state index in [0.29, 0.717) is 6.42 Å². The highest BCUT2D eigenvalue weighted by molar-refractivity contribution is 6.03. The van der Waals surface area contributed by atoms with E-state index in [1.54, 1.807) is 0 Å². The molecule has 0 saturated carbocycles. The lowest BCUT2D eigenvalue weighted by atomic mass is 9.91. The largest absolute Gasteiger partial charge is 0.377 e. The third-order valence-corrected chi connectivity index (χ3v) is 4.12. The number of ketones is 1. The van der Waals surface area contributed by atoms with Gasteiger partial charge in [0.2, 0.25) is 0 Å². The van der Waals surface area contributed by atoms with Crippen molar-refractivity contribution in [3.8, 4) is 0 Å². The van der Waals surface area contributed by atoms with Crippen LogP contribution in [0.5, 0.6) is 0 Å². The molecule has 2 nitrogen and oxygen atoms in total. The van der Waals surface area contributed by atoms with Crippen LogP contribution in [0, 0.1) is 0 Å². The maximum absolute atomic E-state index is 12.3. The SMILES string of the molecule is O=C1CC(c2ccc3ccccc3c2)Nc2ccccc21. The summed E-state index contributed by atoms with van der Waals surface area (Å²) in [6.45, 7) is 0. The van der Waals surface area contributed by atoms with Gasteiger partial charge in [0.05, 0.1) is 6.04 Å². The van der Waals surface area contributed by atoms with Gasteiger partial charge in [-0.3, -0.25) is 4.79 Å². The molecule has 1 unspecified atom stereocenters. The average Bonchev–Trinajstić information content (AvgIpc) is 2.54. The Morgan fingerprint density at radius 3 is 2.52 bits per heavy atom. The lowest BCUT2D eigenvalue weighted by molar-refractivity contribution is 0.0972. The summed E-state index contributed by atoms with van der Waals surface area (Å²) in [6.07, 6.45) is 0.509. The first-order valence-electron chi connectivity index (χ1n) is 7.19. The summed E-state index contributed by atoms with van der Waals surface area (Å²) in [5, 5.41) is 5.92. The van der Waals surface area contributed by atoms with E-state index in [-0.39, 0.29) is 11.8 Å². The second-order valence-electron chi connectivity index (χ2n) is 5.48. The number of hydrogen-bond donors (Lipinski definition) is 1. The zero-order valence-corrected chi connectivity index (χ0v) is 11.5. The summed E-state index contributed by atoms with van der Waals surface area (Å²) in [5.41, 5.74) is 2.90. The zero-order valence-electron chi connectivity index (χ0n) is 11.5. The van der Waals surface area contributed by atoms with E-state index in [1.165, 1.54) is 10.8 Å². The molecule has 0 saturated heterocycles. The Balaban J connectivity index is 1.75. The van der Waals surface area contributed by atoms with Crippen LogP contribution in [0.2, 0.25) is 0 Å². The third kappa shape index (κ3) is 2.09. The van der Waals surface area contributed by atoms with Crippen LogP contribution >= 0.6 is 0 Å². The molecule has 1 N–H and O–H groups in total. The van der Waals surface area contributed by atoms with Gasteiger partial charge in [-0.15, -0.1) is 0 Å². The van der Waals surface area contributed by atoms with Gasteiger partial charge in [0.15, 0.2) is 5.78 Å². The fourth-order valence-corrected chi connectivity index (χ4v) is 3.01. The molecule has 21 heavy (non-hydrogen) atoms. The Morgan fingerprint density at radius 2 is 1.62 bits per heavy atom. The highest BCUT2D eigenvalue weighted by atomic mass is 16.1. The molecule has 0 radical (unpaired) electrons. The van der Waals surface area contributed by atoms with Crippen molar-refractivity contribution in [3.63, 3.8) is 0 Å². The van der Waals surface area contributed by atoms with Gasteiger partial charge in [0.1, 0.15) is 0 Å². The first-order valence-corrected chi connectivity index (χ1v) is 7.19. The van der Waals surface area contributed by atoms with E-state index < -0.39 is 0 Å². The molecule has 1 aliphatic rings. The van der Waals surface area contributed by atoms with Crippen molar-refractivity contribution in [2.75, 3.05) is 5.32 Å². The minimum absolute atomic E-state index is 0.0528. The Kier molecular flexibility index (Phi) is 2.74. The Bertz CT molecular complexity index is 838. The van der Waals surface area contributed by atoms with Crippen molar-refractivity contribution in [1.29, 1.82) is 0 Å². The molecule has 0 bridgehead atoms. The monoisotopic (exact) mass is 273 g/mol. The summed E-state index contributed by atoms with van der Waals surface area (Å²) >= 11 is 0. The molecule has 1 atom stereocenters. The Hall–Kier alpha value is -2.61. The quantitative estimate of drug-likeness (QED) is 0.703. The van der Waals surface area contributed by atoms with Crippen LogP contribution in [-0.4, -0.2) is 5.78 Å². The molecule has 3 aromatic rings. The number of rotatable bonds is 1. The third-order valence-electron chi connectivity index (χ3n) is 4.12. The fourth-order valence-electron chi connectivity index (χ4n) is 3.01. The molecule has 3 aromatic carbocycles. The van der Waals surface area contributed by atoms with Crippen molar-refractivity contribution in [2.45, 2.75) is 12.5 Å². The minimum atomic E-state index is 0.0528. The summed E-state index contributed by atoms with van der Waals surface area (Å²) < 4.78 is 0. The van der Waals surface area contributed by atoms with Crippen LogP contribution in [0.15, 0.2) is 66.7 Å². The first kappa shape index (κ1) is 12.2. The Labute approximate surface area is 123 Å². The number of para-hydroxylation sites is 1. The number of benzene rings is 3. The molecule has 0 fully saturated rings. The standard InChI is InChI=1S/C19H15NO/c21-19-12-18(20-17-8-4-3-7-16(17)19)15-10-9-13-5-1-2-6-14(13)11-15/h1-11,18,20H,12H2. The number of carbonyl (C=O) groups excluding carboxylic acids is 1. The average molecular weight is 273 g/mol. The number of hydrogen-bond acceptors (Lipinski definition) is 2. The van der Waals surface area contributed by atoms with E-state index in [4.69, 9.17) is 0 Å². The molecule has 0 aliphatic carbocycles. The molecule has 0 aromatic heterocycles. The van der Waals surface area contributed by atoms with Crippen molar-refractivity contribution in [1.82, 2.24) is 0 Å². The topological polar surface area (TPSA) is 29.1 Å². The maximum Gasteiger partial charge on any atom is 0.167 e. The second-order valence-corrected chi connectivity index (χ2v) is 5.48. The molecule has 102 valence electrons. The molecule has 2 heteroatoms. The highest BCUT2D eigenvalue weighted by Crippen LogP contribution is 2.33. The number of nitrogens with one attached hydrogen (secondary N) is 1. The van der Waals surface area contributed by atoms with Crippen LogP contribution in [0.25, 0.3) is 10.8 Å². The van der Waals surface area contributed by atoms with Crippen molar-refractivity contribution in [2.24, 2.45) is 0 Å². The van der Waals surface area contributed by atoms with E-state index in [2.05, 4.69) is 35.6 Å². The van der Waals surface area contributed by atoms with E-state index >= 15 is 0 Å². The summed E-state index contributed by atoms with van der Waals surface area (Å²) in [7, 11) is 0. The summed E-state index contributed by atoms with van der Waals surface area (Å²) in [5.74, 6) is 0.211. The lowest BCUT2D eigenvalue weighted by Gasteiger charge is -2.26. The van der Waals surface area contributed by atoms with E-state index in [9.17, 15) is 4.79 Å². The second kappa shape index (κ2) is 4.74. The van der Waals surface area contributed by atoms with E-state index in [0.717, 1.165) is 16.8 Å². The number of fused-ring (bicyclic) bond motifs is 2. The minimum Gasteiger partial charge on any atom is -0.377 e. The number of anilines is 1. The van der Waals surface area contributed by atoms with Crippen LogP contribution in [0.3, 0.4) is 0 Å².